The molecule has 1 aromatic carbocycles. The van der Waals surface area contributed by atoms with Crippen LogP contribution in [0.5, 0.6) is 0 Å². The summed E-state index contributed by atoms with van der Waals surface area (Å²) in [5, 5.41) is 3.42. The van der Waals surface area contributed by atoms with Crippen LogP contribution in [0.15, 0.2) is 18.2 Å². The molecule has 0 heterocycles. The van der Waals surface area contributed by atoms with Crippen LogP contribution in [0.3, 0.4) is 0 Å². The number of para-hydroxylation sites is 1. The van der Waals surface area contributed by atoms with Crippen LogP contribution >= 0.6 is 0 Å². The van der Waals surface area contributed by atoms with Gasteiger partial charge >= 0.3 is 5.97 Å². The standard InChI is InChI=1S/C15H22N2O2/c1-3-19-15(18)12-8-5-9-13(14(12)16)17-10(2)11-6-4-7-11/h5,8-11,17H,3-4,6-7,16H2,1-2H3. The molecule has 4 nitrogen and oxygen atoms in total. The molecule has 104 valence electrons. The van der Waals surface area contributed by atoms with Gasteiger partial charge < -0.3 is 15.8 Å². The van der Waals surface area contributed by atoms with Gasteiger partial charge in [-0.25, -0.2) is 4.79 Å². The third-order valence-corrected chi connectivity index (χ3v) is 3.84. The van der Waals surface area contributed by atoms with Crippen molar-refractivity contribution in [3.05, 3.63) is 23.8 Å². The van der Waals surface area contributed by atoms with Crippen molar-refractivity contribution in [2.24, 2.45) is 5.92 Å². The van der Waals surface area contributed by atoms with Crippen molar-refractivity contribution in [2.45, 2.75) is 39.2 Å². The average Bonchev–Trinajstić information content (AvgIpc) is 2.29. The van der Waals surface area contributed by atoms with Gasteiger partial charge in [0.15, 0.2) is 0 Å². The summed E-state index contributed by atoms with van der Waals surface area (Å²) in [6.45, 7) is 4.31. The third-order valence-electron chi connectivity index (χ3n) is 3.84. The summed E-state index contributed by atoms with van der Waals surface area (Å²) in [5.41, 5.74) is 7.80. The first-order chi connectivity index (χ1) is 9.13. The Labute approximate surface area is 114 Å². The van der Waals surface area contributed by atoms with Gasteiger partial charge in [0, 0.05) is 6.04 Å². The number of ether oxygens (including phenoxy) is 1. The topological polar surface area (TPSA) is 64.3 Å². The van der Waals surface area contributed by atoms with E-state index in [4.69, 9.17) is 10.5 Å². The first-order valence-electron chi connectivity index (χ1n) is 6.95. The Bertz CT molecular complexity index is 455. The second-order valence-corrected chi connectivity index (χ2v) is 5.11. The molecule has 0 radical (unpaired) electrons. The fourth-order valence-corrected chi connectivity index (χ4v) is 2.38. The number of hydrogen-bond acceptors (Lipinski definition) is 4. The molecule has 1 atom stereocenters. The van der Waals surface area contributed by atoms with Crippen molar-refractivity contribution < 1.29 is 9.53 Å². The third kappa shape index (κ3) is 3.00. The molecule has 2 rings (SSSR count). The van der Waals surface area contributed by atoms with Crippen molar-refractivity contribution in [2.75, 3.05) is 17.7 Å². The van der Waals surface area contributed by atoms with E-state index in [-0.39, 0.29) is 5.97 Å². The molecular weight excluding hydrogens is 240 g/mol. The Kier molecular flexibility index (Phi) is 4.30. The van der Waals surface area contributed by atoms with Crippen molar-refractivity contribution in [3.63, 3.8) is 0 Å². The molecule has 1 fully saturated rings. The smallest absolute Gasteiger partial charge is 0.340 e. The number of hydrogen-bond donors (Lipinski definition) is 2. The minimum absolute atomic E-state index is 0.356. The summed E-state index contributed by atoms with van der Waals surface area (Å²) in [5.74, 6) is 0.352. The maximum Gasteiger partial charge on any atom is 0.340 e. The fourth-order valence-electron chi connectivity index (χ4n) is 2.38. The van der Waals surface area contributed by atoms with E-state index < -0.39 is 0 Å². The molecule has 0 saturated heterocycles. The Hall–Kier alpha value is -1.71. The van der Waals surface area contributed by atoms with Gasteiger partial charge in [-0.05, 0) is 44.7 Å². The van der Waals surface area contributed by atoms with Crippen LogP contribution < -0.4 is 11.1 Å². The second kappa shape index (κ2) is 5.95. The highest BCUT2D eigenvalue weighted by molar-refractivity contribution is 5.98. The van der Waals surface area contributed by atoms with Crippen molar-refractivity contribution >= 4 is 17.3 Å². The van der Waals surface area contributed by atoms with E-state index in [2.05, 4.69) is 12.2 Å². The van der Waals surface area contributed by atoms with Gasteiger partial charge in [-0.3, -0.25) is 0 Å². The first-order valence-corrected chi connectivity index (χ1v) is 6.95. The van der Waals surface area contributed by atoms with Gasteiger partial charge in [-0.1, -0.05) is 12.5 Å². The maximum atomic E-state index is 11.8. The summed E-state index contributed by atoms with van der Waals surface area (Å²) in [6, 6.07) is 5.83. The van der Waals surface area contributed by atoms with Gasteiger partial charge in [-0.15, -0.1) is 0 Å². The van der Waals surface area contributed by atoms with E-state index in [0.29, 0.717) is 29.8 Å². The minimum atomic E-state index is -0.361. The van der Waals surface area contributed by atoms with Crippen LogP contribution in [0.2, 0.25) is 0 Å². The molecule has 0 aliphatic heterocycles. The lowest BCUT2D eigenvalue weighted by Crippen LogP contribution is -2.31. The number of rotatable bonds is 5. The van der Waals surface area contributed by atoms with Crippen LogP contribution in [0.4, 0.5) is 11.4 Å². The number of nitrogens with one attached hydrogen (secondary N) is 1. The van der Waals surface area contributed by atoms with E-state index in [1.807, 2.05) is 12.1 Å². The lowest BCUT2D eigenvalue weighted by Gasteiger charge is -2.33. The number of nitrogen functional groups attached to an aromatic ring is 1. The number of benzene rings is 1. The van der Waals surface area contributed by atoms with Gasteiger partial charge in [0.1, 0.15) is 0 Å². The summed E-state index contributed by atoms with van der Waals surface area (Å²) in [4.78, 5) is 11.8. The summed E-state index contributed by atoms with van der Waals surface area (Å²) < 4.78 is 5.00. The van der Waals surface area contributed by atoms with E-state index in [1.54, 1.807) is 13.0 Å². The molecule has 1 unspecified atom stereocenters. The quantitative estimate of drug-likeness (QED) is 0.632. The molecule has 3 N–H and O–H groups in total. The monoisotopic (exact) mass is 262 g/mol. The minimum Gasteiger partial charge on any atom is -0.462 e. The molecule has 1 aliphatic rings. The predicted octanol–water partition coefficient (Wildman–Crippen LogP) is 3.05. The Morgan fingerprint density at radius 2 is 2.26 bits per heavy atom. The SMILES string of the molecule is CCOC(=O)c1cccc(NC(C)C2CCC2)c1N. The first kappa shape index (κ1) is 13.7. The number of anilines is 2. The van der Waals surface area contributed by atoms with Crippen molar-refractivity contribution in [3.8, 4) is 0 Å². The van der Waals surface area contributed by atoms with Crippen LogP contribution in [-0.2, 0) is 4.74 Å². The zero-order valence-corrected chi connectivity index (χ0v) is 11.6. The summed E-state index contributed by atoms with van der Waals surface area (Å²) >= 11 is 0. The van der Waals surface area contributed by atoms with Gasteiger partial charge in [0.05, 0.1) is 23.5 Å². The molecule has 1 aliphatic carbocycles. The molecule has 0 amide bonds. The number of nitrogens with two attached hydrogens (primary N) is 1. The van der Waals surface area contributed by atoms with Crippen molar-refractivity contribution in [1.29, 1.82) is 0 Å². The molecule has 4 heteroatoms. The lowest BCUT2D eigenvalue weighted by atomic mass is 9.80. The largest absolute Gasteiger partial charge is 0.462 e. The zero-order valence-electron chi connectivity index (χ0n) is 11.6. The molecule has 0 spiro atoms. The van der Waals surface area contributed by atoms with E-state index in [0.717, 1.165) is 5.69 Å². The van der Waals surface area contributed by atoms with Crippen LogP contribution in [0, 0.1) is 5.92 Å². The van der Waals surface area contributed by atoms with Crippen LogP contribution in [0.1, 0.15) is 43.5 Å². The fraction of sp³-hybridized carbons (Fsp3) is 0.533. The molecule has 1 aromatic rings. The van der Waals surface area contributed by atoms with Crippen molar-refractivity contribution in [1.82, 2.24) is 0 Å². The average molecular weight is 262 g/mol. The molecule has 0 aromatic heterocycles. The highest BCUT2D eigenvalue weighted by Gasteiger charge is 2.24. The van der Waals surface area contributed by atoms with Gasteiger partial charge in [-0.2, -0.15) is 0 Å². The maximum absolute atomic E-state index is 11.8. The Morgan fingerprint density at radius 1 is 1.53 bits per heavy atom. The zero-order chi connectivity index (χ0) is 13.8. The highest BCUT2D eigenvalue weighted by atomic mass is 16.5. The summed E-state index contributed by atoms with van der Waals surface area (Å²) in [7, 11) is 0. The van der Waals surface area contributed by atoms with Gasteiger partial charge in [0.2, 0.25) is 0 Å². The van der Waals surface area contributed by atoms with Crippen LogP contribution in [-0.4, -0.2) is 18.6 Å². The predicted molar refractivity (Wildman–Crippen MR) is 77.2 cm³/mol. The van der Waals surface area contributed by atoms with E-state index in [9.17, 15) is 4.79 Å². The van der Waals surface area contributed by atoms with E-state index >= 15 is 0 Å². The molecule has 0 bridgehead atoms. The highest BCUT2D eigenvalue weighted by Crippen LogP contribution is 2.32. The summed E-state index contributed by atoms with van der Waals surface area (Å²) in [6.07, 6.45) is 3.85. The van der Waals surface area contributed by atoms with Gasteiger partial charge in [0.25, 0.3) is 0 Å². The molecule has 19 heavy (non-hydrogen) atoms. The molecular formula is C15H22N2O2. The Morgan fingerprint density at radius 3 is 2.84 bits per heavy atom. The number of esters is 1. The number of carbonyl (C=O) groups is 1. The second-order valence-electron chi connectivity index (χ2n) is 5.11. The Balaban J connectivity index is 2.12. The number of carbonyl (C=O) groups excluding carboxylic acids is 1. The lowest BCUT2D eigenvalue weighted by molar-refractivity contribution is 0.0527. The van der Waals surface area contributed by atoms with Crippen LogP contribution in [0.25, 0.3) is 0 Å². The normalized spacial score (nSPS) is 16.5. The van der Waals surface area contributed by atoms with E-state index in [1.165, 1.54) is 19.3 Å². The molecule has 1 saturated carbocycles.